The zero-order valence-corrected chi connectivity index (χ0v) is 12.7. The van der Waals surface area contributed by atoms with Crippen LogP contribution in [0.25, 0.3) is 0 Å². The minimum Gasteiger partial charge on any atom is -0.383 e. The van der Waals surface area contributed by atoms with E-state index >= 15 is 0 Å². The van der Waals surface area contributed by atoms with Crippen molar-refractivity contribution in [1.82, 2.24) is 4.72 Å². The molecule has 2 N–H and O–H groups in total. The SMILES string of the molecule is Cc1cc(NCC(C)(C)NS(C)(=O)=O)ccc1[N+](=O)[O-]. The van der Waals surface area contributed by atoms with Crippen molar-refractivity contribution in [1.29, 1.82) is 0 Å². The van der Waals surface area contributed by atoms with Crippen LogP contribution in [-0.4, -0.2) is 31.7 Å². The van der Waals surface area contributed by atoms with Gasteiger partial charge in [0.2, 0.25) is 10.0 Å². The maximum absolute atomic E-state index is 11.2. The Balaban J connectivity index is 2.76. The van der Waals surface area contributed by atoms with Gasteiger partial charge in [-0.2, -0.15) is 0 Å². The molecule has 0 unspecified atom stereocenters. The number of aryl methyl sites for hydroxylation is 1. The second kappa shape index (κ2) is 5.76. The molecule has 0 spiro atoms. The van der Waals surface area contributed by atoms with Crippen LogP contribution in [0.2, 0.25) is 0 Å². The Hall–Kier alpha value is -1.67. The summed E-state index contributed by atoms with van der Waals surface area (Å²) in [6, 6.07) is 4.69. The van der Waals surface area contributed by atoms with Crippen molar-refractivity contribution in [3.05, 3.63) is 33.9 Å². The molecule has 0 fully saturated rings. The average Bonchev–Trinajstić information content (AvgIpc) is 2.22. The largest absolute Gasteiger partial charge is 0.383 e. The summed E-state index contributed by atoms with van der Waals surface area (Å²) in [6.07, 6.45) is 1.10. The summed E-state index contributed by atoms with van der Waals surface area (Å²) < 4.78 is 24.9. The summed E-state index contributed by atoms with van der Waals surface area (Å²) >= 11 is 0. The predicted octanol–water partition coefficient (Wildman–Crippen LogP) is 1.64. The fraction of sp³-hybridized carbons (Fsp3) is 0.500. The van der Waals surface area contributed by atoms with Gasteiger partial charge >= 0.3 is 0 Å². The fourth-order valence-electron chi connectivity index (χ4n) is 1.83. The molecule has 0 saturated carbocycles. The summed E-state index contributed by atoms with van der Waals surface area (Å²) in [5.41, 5.74) is 0.651. The highest BCUT2D eigenvalue weighted by Crippen LogP contribution is 2.22. The van der Waals surface area contributed by atoms with E-state index in [1.54, 1.807) is 32.9 Å². The Morgan fingerprint density at radius 1 is 1.35 bits per heavy atom. The van der Waals surface area contributed by atoms with E-state index in [0.29, 0.717) is 17.8 Å². The van der Waals surface area contributed by atoms with E-state index in [9.17, 15) is 18.5 Å². The minimum absolute atomic E-state index is 0.0593. The first kappa shape index (κ1) is 16.4. The number of hydrogen-bond acceptors (Lipinski definition) is 5. The van der Waals surface area contributed by atoms with Crippen LogP contribution in [-0.2, 0) is 10.0 Å². The van der Waals surface area contributed by atoms with E-state index < -0.39 is 20.5 Å². The molecular formula is C12H19N3O4S. The van der Waals surface area contributed by atoms with Gasteiger partial charge in [-0.15, -0.1) is 0 Å². The monoisotopic (exact) mass is 301 g/mol. The topological polar surface area (TPSA) is 101 Å². The molecule has 0 bridgehead atoms. The molecule has 112 valence electrons. The molecule has 1 aromatic carbocycles. The summed E-state index contributed by atoms with van der Waals surface area (Å²) in [6.45, 7) is 5.51. The van der Waals surface area contributed by atoms with Crippen molar-refractivity contribution in [3.63, 3.8) is 0 Å². The van der Waals surface area contributed by atoms with Crippen LogP contribution in [0, 0.1) is 17.0 Å². The molecule has 0 aromatic heterocycles. The van der Waals surface area contributed by atoms with Crippen molar-refractivity contribution < 1.29 is 13.3 Å². The zero-order chi connectivity index (χ0) is 15.6. The smallest absolute Gasteiger partial charge is 0.272 e. The molecule has 0 aliphatic heterocycles. The maximum atomic E-state index is 11.2. The Bertz CT molecular complexity index is 611. The molecule has 0 heterocycles. The second-order valence-corrected chi connectivity index (χ2v) is 7.12. The Morgan fingerprint density at radius 2 is 1.95 bits per heavy atom. The third kappa shape index (κ3) is 5.14. The lowest BCUT2D eigenvalue weighted by atomic mass is 10.1. The Labute approximate surface area is 118 Å². The van der Waals surface area contributed by atoms with Crippen LogP contribution >= 0.6 is 0 Å². The summed E-state index contributed by atoms with van der Waals surface area (Å²) in [5.74, 6) is 0. The maximum Gasteiger partial charge on any atom is 0.272 e. The highest BCUT2D eigenvalue weighted by molar-refractivity contribution is 7.88. The average molecular weight is 301 g/mol. The number of nitrogens with one attached hydrogen (secondary N) is 2. The van der Waals surface area contributed by atoms with Crippen LogP contribution in [0.3, 0.4) is 0 Å². The first-order valence-corrected chi connectivity index (χ1v) is 7.87. The third-order valence-corrected chi connectivity index (χ3v) is 3.51. The summed E-state index contributed by atoms with van der Waals surface area (Å²) in [5, 5.41) is 13.8. The number of sulfonamides is 1. The van der Waals surface area contributed by atoms with Crippen LogP contribution in [0.15, 0.2) is 18.2 Å². The first-order chi connectivity index (χ1) is 9.00. The van der Waals surface area contributed by atoms with E-state index in [1.807, 2.05) is 0 Å². The molecule has 20 heavy (non-hydrogen) atoms. The number of nitro benzene ring substituents is 1. The molecular weight excluding hydrogens is 282 g/mol. The molecule has 0 aliphatic rings. The number of benzene rings is 1. The number of anilines is 1. The van der Waals surface area contributed by atoms with Crippen LogP contribution < -0.4 is 10.0 Å². The van der Waals surface area contributed by atoms with E-state index in [-0.39, 0.29) is 5.69 Å². The van der Waals surface area contributed by atoms with Crippen molar-refractivity contribution >= 4 is 21.4 Å². The Morgan fingerprint density at radius 3 is 2.40 bits per heavy atom. The number of rotatable bonds is 6. The van der Waals surface area contributed by atoms with Crippen LogP contribution in [0.4, 0.5) is 11.4 Å². The summed E-state index contributed by atoms with van der Waals surface area (Å²) in [7, 11) is -3.29. The van der Waals surface area contributed by atoms with Gasteiger partial charge in [-0.05, 0) is 32.9 Å². The van der Waals surface area contributed by atoms with Gasteiger partial charge in [0, 0.05) is 29.4 Å². The van der Waals surface area contributed by atoms with Crippen LogP contribution in [0.5, 0.6) is 0 Å². The predicted molar refractivity (Wildman–Crippen MR) is 78.4 cm³/mol. The Kier molecular flexibility index (Phi) is 4.72. The number of nitro groups is 1. The first-order valence-electron chi connectivity index (χ1n) is 5.98. The van der Waals surface area contributed by atoms with Gasteiger partial charge < -0.3 is 5.32 Å². The minimum atomic E-state index is -3.29. The normalized spacial score (nSPS) is 12.2. The highest BCUT2D eigenvalue weighted by atomic mass is 32.2. The van der Waals surface area contributed by atoms with Gasteiger partial charge in [-0.25, -0.2) is 13.1 Å². The van der Waals surface area contributed by atoms with E-state index in [2.05, 4.69) is 10.0 Å². The second-order valence-electron chi connectivity index (χ2n) is 5.37. The molecule has 0 atom stereocenters. The summed E-state index contributed by atoms with van der Waals surface area (Å²) in [4.78, 5) is 10.3. The van der Waals surface area contributed by atoms with Crippen molar-refractivity contribution in [2.75, 3.05) is 18.1 Å². The molecule has 0 radical (unpaired) electrons. The van der Waals surface area contributed by atoms with Crippen LogP contribution in [0.1, 0.15) is 19.4 Å². The van der Waals surface area contributed by atoms with Crippen molar-refractivity contribution in [3.8, 4) is 0 Å². The van der Waals surface area contributed by atoms with Crippen molar-refractivity contribution in [2.45, 2.75) is 26.3 Å². The lowest BCUT2D eigenvalue weighted by Crippen LogP contribution is -2.47. The lowest BCUT2D eigenvalue weighted by molar-refractivity contribution is -0.385. The van der Waals surface area contributed by atoms with Crippen molar-refractivity contribution in [2.24, 2.45) is 0 Å². The molecule has 0 saturated heterocycles. The van der Waals surface area contributed by atoms with Gasteiger partial charge in [-0.3, -0.25) is 10.1 Å². The molecule has 1 rings (SSSR count). The van der Waals surface area contributed by atoms with E-state index in [4.69, 9.17) is 0 Å². The molecule has 0 aliphatic carbocycles. The van der Waals surface area contributed by atoms with Gasteiger partial charge in [-0.1, -0.05) is 0 Å². The van der Waals surface area contributed by atoms with Gasteiger partial charge in [0.1, 0.15) is 0 Å². The molecule has 7 nitrogen and oxygen atoms in total. The molecule has 8 heteroatoms. The quantitative estimate of drug-likeness (QED) is 0.614. The molecule has 1 aromatic rings. The standard InChI is InChI=1S/C12H19N3O4S/c1-9-7-10(5-6-11(9)15(16)17)13-8-12(2,3)14-20(4,18)19/h5-7,13-14H,8H2,1-4H3. The van der Waals surface area contributed by atoms with Gasteiger partial charge in [0.05, 0.1) is 11.2 Å². The van der Waals surface area contributed by atoms with E-state index in [1.165, 1.54) is 6.07 Å². The van der Waals surface area contributed by atoms with E-state index in [0.717, 1.165) is 6.26 Å². The van der Waals surface area contributed by atoms with Gasteiger partial charge in [0.25, 0.3) is 5.69 Å². The third-order valence-electron chi connectivity index (χ3n) is 2.59. The lowest BCUT2D eigenvalue weighted by Gasteiger charge is -2.25. The number of hydrogen-bond donors (Lipinski definition) is 2. The van der Waals surface area contributed by atoms with Gasteiger partial charge in [0.15, 0.2) is 0 Å². The highest BCUT2D eigenvalue weighted by Gasteiger charge is 2.22. The number of nitrogens with zero attached hydrogens (tertiary/aromatic N) is 1. The molecule has 0 amide bonds. The zero-order valence-electron chi connectivity index (χ0n) is 11.9. The fourth-order valence-corrected chi connectivity index (χ4v) is 2.91.